The van der Waals surface area contributed by atoms with Crippen molar-refractivity contribution >= 4 is 11.9 Å². The van der Waals surface area contributed by atoms with E-state index in [1.807, 2.05) is 0 Å². The Morgan fingerprint density at radius 2 is 1.12 bits per heavy atom. The van der Waals surface area contributed by atoms with Crippen molar-refractivity contribution in [3.8, 4) is 0 Å². The molecule has 0 aromatic carbocycles. The van der Waals surface area contributed by atoms with E-state index in [2.05, 4.69) is 0 Å². The molecule has 0 amide bonds. The summed E-state index contributed by atoms with van der Waals surface area (Å²) in [6.45, 7) is 11.4. The smallest absolute Gasteiger partial charge is 0.311 e. The molecule has 0 heterocycles. The van der Waals surface area contributed by atoms with Crippen molar-refractivity contribution in [3.63, 3.8) is 0 Å². The van der Waals surface area contributed by atoms with Gasteiger partial charge >= 0.3 is 11.9 Å². The largest absolute Gasteiger partial charge is 0.466 e. The molecule has 0 unspecified atom stereocenters. The Labute approximate surface area is 104 Å². The van der Waals surface area contributed by atoms with Crippen molar-refractivity contribution in [2.45, 2.75) is 48.0 Å². The summed E-state index contributed by atoms with van der Waals surface area (Å²) < 4.78 is 10.0. The number of ether oxygens (including phenoxy) is 2. The third-order valence-electron chi connectivity index (χ3n) is 2.54. The Balaban J connectivity index is 4.68. The Morgan fingerprint density at radius 3 is 1.35 bits per heavy atom. The van der Waals surface area contributed by atoms with E-state index in [1.54, 1.807) is 41.5 Å². The second kappa shape index (κ2) is 6.03. The standard InChI is InChI=1S/C13H24O4/c1-7-16-10(14)12(3,4)9-13(5,6)11(15)17-8-2/h7-9H2,1-6H3. The summed E-state index contributed by atoms with van der Waals surface area (Å²) in [7, 11) is 0. The zero-order valence-electron chi connectivity index (χ0n) is 11.8. The lowest BCUT2D eigenvalue weighted by molar-refractivity contribution is -0.161. The van der Waals surface area contributed by atoms with Crippen LogP contribution in [0.2, 0.25) is 0 Å². The topological polar surface area (TPSA) is 52.6 Å². The molecule has 4 nitrogen and oxygen atoms in total. The van der Waals surface area contributed by atoms with Gasteiger partial charge in [0.25, 0.3) is 0 Å². The SMILES string of the molecule is CCOC(=O)C(C)(C)CC(C)(C)C(=O)OCC. The van der Waals surface area contributed by atoms with Gasteiger partial charge in [-0.15, -0.1) is 0 Å². The Hall–Kier alpha value is -1.06. The highest BCUT2D eigenvalue weighted by Gasteiger charge is 2.40. The van der Waals surface area contributed by atoms with E-state index in [9.17, 15) is 9.59 Å². The van der Waals surface area contributed by atoms with Gasteiger partial charge < -0.3 is 9.47 Å². The highest BCUT2D eigenvalue weighted by molar-refractivity contribution is 5.80. The van der Waals surface area contributed by atoms with Crippen LogP contribution in [0.15, 0.2) is 0 Å². The van der Waals surface area contributed by atoms with E-state index in [0.29, 0.717) is 19.6 Å². The maximum Gasteiger partial charge on any atom is 0.311 e. The van der Waals surface area contributed by atoms with Crippen molar-refractivity contribution < 1.29 is 19.1 Å². The van der Waals surface area contributed by atoms with Crippen LogP contribution in [0.4, 0.5) is 0 Å². The number of hydrogen-bond acceptors (Lipinski definition) is 4. The monoisotopic (exact) mass is 244 g/mol. The van der Waals surface area contributed by atoms with Crippen LogP contribution in [0.25, 0.3) is 0 Å². The van der Waals surface area contributed by atoms with Crippen molar-refractivity contribution in [2.24, 2.45) is 10.8 Å². The molecule has 0 aromatic heterocycles. The average Bonchev–Trinajstić information content (AvgIpc) is 2.16. The van der Waals surface area contributed by atoms with Gasteiger partial charge in [-0.05, 0) is 48.0 Å². The Kier molecular flexibility index (Phi) is 5.66. The minimum atomic E-state index is -0.688. The van der Waals surface area contributed by atoms with Crippen molar-refractivity contribution in [2.75, 3.05) is 13.2 Å². The molecule has 0 aliphatic rings. The Bertz CT molecular complexity index is 251. The quantitative estimate of drug-likeness (QED) is 0.674. The Morgan fingerprint density at radius 1 is 0.824 bits per heavy atom. The molecule has 100 valence electrons. The van der Waals surface area contributed by atoms with Crippen LogP contribution < -0.4 is 0 Å². The molecule has 0 aliphatic heterocycles. The number of hydrogen-bond donors (Lipinski definition) is 0. The van der Waals surface area contributed by atoms with Gasteiger partial charge in [0.15, 0.2) is 0 Å². The van der Waals surface area contributed by atoms with Gasteiger partial charge in [-0.25, -0.2) is 0 Å². The molecule has 4 heteroatoms. The molecule has 0 N–H and O–H groups in total. The first kappa shape index (κ1) is 15.9. The zero-order chi connectivity index (χ0) is 13.7. The summed E-state index contributed by atoms with van der Waals surface area (Å²) in [5.74, 6) is -0.560. The molecule has 0 aromatic rings. The lowest BCUT2D eigenvalue weighted by Crippen LogP contribution is -2.37. The predicted molar refractivity (Wildman–Crippen MR) is 65.4 cm³/mol. The van der Waals surface area contributed by atoms with Gasteiger partial charge in [0, 0.05) is 0 Å². The number of carbonyl (C=O) groups excluding carboxylic acids is 2. The van der Waals surface area contributed by atoms with E-state index < -0.39 is 10.8 Å². The third kappa shape index (κ3) is 4.75. The van der Waals surface area contributed by atoms with Crippen LogP contribution in [0.5, 0.6) is 0 Å². The number of rotatable bonds is 6. The third-order valence-corrected chi connectivity index (χ3v) is 2.54. The maximum absolute atomic E-state index is 11.7. The van der Waals surface area contributed by atoms with Crippen molar-refractivity contribution in [1.82, 2.24) is 0 Å². The van der Waals surface area contributed by atoms with E-state index >= 15 is 0 Å². The van der Waals surface area contributed by atoms with Gasteiger partial charge in [0.05, 0.1) is 24.0 Å². The van der Waals surface area contributed by atoms with Gasteiger partial charge in [-0.1, -0.05) is 0 Å². The minimum Gasteiger partial charge on any atom is -0.466 e. The fourth-order valence-electron chi connectivity index (χ4n) is 1.90. The lowest BCUT2D eigenvalue weighted by atomic mass is 9.75. The summed E-state index contributed by atoms with van der Waals surface area (Å²) in [6, 6.07) is 0. The molecule has 0 aliphatic carbocycles. The number of carbonyl (C=O) groups is 2. The maximum atomic E-state index is 11.7. The molecule has 0 spiro atoms. The molecule has 0 saturated carbocycles. The normalized spacial score (nSPS) is 12.1. The van der Waals surface area contributed by atoms with Crippen LogP contribution >= 0.6 is 0 Å². The van der Waals surface area contributed by atoms with Crippen LogP contribution in [0.1, 0.15) is 48.0 Å². The second-order valence-electron chi connectivity index (χ2n) is 5.39. The molecular formula is C13H24O4. The molecule has 0 rings (SSSR count). The van der Waals surface area contributed by atoms with Crippen LogP contribution in [0.3, 0.4) is 0 Å². The van der Waals surface area contributed by atoms with E-state index in [0.717, 1.165) is 0 Å². The molecule has 0 atom stereocenters. The van der Waals surface area contributed by atoms with Gasteiger partial charge in [-0.2, -0.15) is 0 Å². The van der Waals surface area contributed by atoms with Gasteiger partial charge in [0.2, 0.25) is 0 Å². The molecule has 0 saturated heterocycles. The second-order valence-corrected chi connectivity index (χ2v) is 5.39. The van der Waals surface area contributed by atoms with Crippen LogP contribution in [-0.2, 0) is 19.1 Å². The first-order valence-corrected chi connectivity index (χ1v) is 6.02. The first-order valence-electron chi connectivity index (χ1n) is 6.02. The number of esters is 2. The summed E-state index contributed by atoms with van der Waals surface area (Å²) in [4.78, 5) is 23.5. The first-order chi connectivity index (χ1) is 7.67. The predicted octanol–water partition coefficient (Wildman–Crippen LogP) is 2.56. The molecular weight excluding hydrogens is 220 g/mol. The fraction of sp³-hybridized carbons (Fsp3) is 0.846. The van der Waals surface area contributed by atoms with Crippen molar-refractivity contribution in [3.05, 3.63) is 0 Å². The molecule has 17 heavy (non-hydrogen) atoms. The highest BCUT2D eigenvalue weighted by Crippen LogP contribution is 2.35. The average molecular weight is 244 g/mol. The van der Waals surface area contributed by atoms with Gasteiger partial charge in [-0.3, -0.25) is 9.59 Å². The fourth-order valence-corrected chi connectivity index (χ4v) is 1.90. The van der Waals surface area contributed by atoms with Crippen LogP contribution in [-0.4, -0.2) is 25.2 Å². The summed E-state index contributed by atoms with van der Waals surface area (Å²) in [5.41, 5.74) is -1.38. The van der Waals surface area contributed by atoms with Gasteiger partial charge in [0.1, 0.15) is 0 Å². The molecule has 0 radical (unpaired) electrons. The summed E-state index contributed by atoms with van der Waals surface area (Å²) >= 11 is 0. The van der Waals surface area contributed by atoms with E-state index in [4.69, 9.17) is 9.47 Å². The van der Waals surface area contributed by atoms with E-state index in [-0.39, 0.29) is 11.9 Å². The lowest BCUT2D eigenvalue weighted by Gasteiger charge is -2.31. The van der Waals surface area contributed by atoms with Crippen molar-refractivity contribution in [1.29, 1.82) is 0 Å². The highest BCUT2D eigenvalue weighted by atomic mass is 16.5. The minimum absolute atomic E-state index is 0.280. The zero-order valence-corrected chi connectivity index (χ0v) is 11.8. The van der Waals surface area contributed by atoms with Crippen LogP contribution in [0, 0.1) is 10.8 Å². The molecule has 0 fully saturated rings. The van der Waals surface area contributed by atoms with E-state index in [1.165, 1.54) is 0 Å². The molecule has 0 bridgehead atoms. The summed E-state index contributed by atoms with van der Waals surface area (Å²) in [5, 5.41) is 0. The summed E-state index contributed by atoms with van der Waals surface area (Å²) in [6.07, 6.45) is 0.400.